The van der Waals surface area contributed by atoms with Crippen LogP contribution < -0.4 is 0 Å². The Morgan fingerprint density at radius 3 is 0.829 bits per heavy atom. The van der Waals surface area contributed by atoms with E-state index in [-0.39, 0.29) is 76.4 Å². The first kappa shape index (κ1) is 58.8. The molecule has 0 radical (unpaired) electrons. The van der Waals surface area contributed by atoms with E-state index in [1.165, 1.54) is 9.80 Å². The fourth-order valence-electron chi connectivity index (χ4n) is 9.32. The molecule has 0 spiro atoms. The summed E-state index contributed by atoms with van der Waals surface area (Å²) >= 11 is 0. The van der Waals surface area contributed by atoms with Gasteiger partial charge in [0, 0.05) is 87.8 Å². The Morgan fingerprint density at radius 1 is 0.316 bits per heavy atom. The van der Waals surface area contributed by atoms with E-state index in [9.17, 15) is 19.2 Å². The van der Waals surface area contributed by atoms with Crippen LogP contribution in [0.2, 0.25) is 0 Å². The lowest BCUT2D eigenvalue weighted by Crippen LogP contribution is -2.41. The molecule has 0 saturated carbocycles. The number of hydrogen-bond acceptors (Lipinski definition) is 18. The fraction of sp³-hybridized carbons (Fsp3) is 0.571. The van der Waals surface area contributed by atoms with Gasteiger partial charge in [0.1, 0.15) is 12.2 Å². The Kier molecular flexibility index (Phi) is 24.4. The molecule has 7 rings (SSSR count). The van der Waals surface area contributed by atoms with Crippen LogP contribution in [0.5, 0.6) is 0 Å². The molecule has 2 aliphatic heterocycles. The van der Waals surface area contributed by atoms with Gasteiger partial charge in [-0.05, 0) is 69.4 Å². The van der Waals surface area contributed by atoms with E-state index in [0.717, 1.165) is 32.3 Å². The maximum absolute atomic E-state index is 14.3. The third-order valence-corrected chi connectivity index (χ3v) is 13.0. The first-order valence-corrected chi connectivity index (χ1v) is 26.1. The summed E-state index contributed by atoms with van der Waals surface area (Å²) in [4.78, 5) is 59.6. The molecule has 4 amide bonds. The molecule has 0 N–H and O–H groups in total. The maximum atomic E-state index is 14.3. The van der Waals surface area contributed by atoms with Gasteiger partial charge in [-0.25, -0.2) is 0 Å². The normalized spacial score (nSPS) is 13.8. The van der Waals surface area contributed by atoms with Gasteiger partial charge >= 0.3 is 0 Å². The number of imide groups is 2. The van der Waals surface area contributed by atoms with E-state index in [1.807, 2.05) is 24.3 Å². The summed E-state index contributed by atoms with van der Waals surface area (Å²) < 4.78 is 77.7. The minimum absolute atomic E-state index is 0.139. The molecule has 5 aromatic carbocycles. The summed E-state index contributed by atoms with van der Waals surface area (Å²) in [5, 5.41) is 5.98. The van der Waals surface area contributed by atoms with Crippen molar-refractivity contribution >= 4 is 66.7 Å². The average molecular weight is 1060 g/mol. The highest BCUT2D eigenvalue weighted by Crippen LogP contribution is 2.46. The number of amides is 4. The van der Waals surface area contributed by atoms with E-state index in [1.54, 1.807) is 52.7 Å². The molecule has 2 aliphatic rings. The standard InChI is InChI=1S/C56H74N2O18/c1-63-19-23-67-27-31-71-35-39(36-72-32-28-68-24-20-64-2)75-17-5-15-57-53(59)45-11-7-41-43-9-13-47-52-48(14-10-44(50(43)52)42-8-12-46(54(57)60)51(45)49(41)42)56(62)58(55(47)61)16-6-18-76-40(37-73-33-29-69-25-21-65-3)38-74-34-30-70-26-22-66-4/h7-14,39-40H,5-6,15-38H2,1-4H3. The van der Waals surface area contributed by atoms with Crippen LogP contribution in [0.1, 0.15) is 54.3 Å². The molecule has 0 aromatic heterocycles. The molecular formula is C56H74N2O18. The SMILES string of the molecule is COCCOCCOCC(COCCOCCOC)OCCCN1C(=O)c2ccc3c4ccc5c6c(ccc(c7ccc(c2c37)C1=O)c64)C(=O)N(CCCOC(COCCOCCOC)COCCOCCOC)C5=O. The van der Waals surface area contributed by atoms with Crippen LogP contribution in [0.15, 0.2) is 48.5 Å². The smallest absolute Gasteiger partial charge is 0.261 e. The zero-order valence-electron chi connectivity index (χ0n) is 44.4. The van der Waals surface area contributed by atoms with Gasteiger partial charge in [0.05, 0.1) is 132 Å². The van der Waals surface area contributed by atoms with Crippen LogP contribution in [-0.2, 0) is 66.3 Å². The van der Waals surface area contributed by atoms with Crippen molar-refractivity contribution in [2.24, 2.45) is 0 Å². The molecule has 0 fully saturated rings. The number of carbonyl (C=O) groups is 4. The van der Waals surface area contributed by atoms with Gasteiger partial charge in [0.25, 0.3) is 23.6 Å². The van der Waals surface area contributed by atoms with Crippen molar-refractivity contribution in [1.82, 2.24) is 9.80 Å². The van der Waals surface area contributed by atoms with Crippen LogP contribution in [0.3, 0.4) is 0 Å². The van der Waals surface area contributed by atoms with Gasteiger partial charge < -0.3 is 66.3 Å². The summed E-state index contributed by atoms with van der Waals surface area (Å²) in [6.07, 6.45) is -0.0341. The van der Waals surface area contributed by atoms with Gasteiger partial charge in [-0.2, -0.15) is 0 Å². The number of ether oxygens (including phenoxy) is 14. The second-order valence-corrected chi connectivity index (χ2v) is 18.1. The van der Waals surface area contributed by atoms with Gasteiger partial charge in [-0.3, -0.25) is 29.0 Å². The fourth-order valence-corrected chi connectivity index (χ4v) is 9.32. The molecule has 76 heavy (non-hydrogen) atoms. The predicted octanol–water partition coefficient (Wildman–Crippen LogP) is 5.20. The maximum Gasteiger partial charge on any atom is 0.261 e. The summed E-state index contributed by atoms with van der Waals surface area (Å²) in [6.45, 7) is 8.78. The van der Waals surface area contributed by atoms with Crippen molar-refractivity contribution in [3.05, 3.63) is 70.8 Å². The third kappa shape index (κ3) is 15.2. The van der Waals surface area contributed by atoms with Crippen molar-refractivity contribution in [1.29, 1.82) is 0 Å². The number of rotatable bonds is 42. The Labute approximate surface area is 443 Å². The minimum atomic E-state index is -0.403. The van der Waals surface area contributed by atoms with Crippen LogP contribution in [0.4, 0.5) is 0 Å². The average Bonchev–Trinajstić information content (AvgIpc) is 3.63. The Morgan fingerprint density at radius 2 is 0.566 bits per heavy atom. The van der Waals surface area contributed by atoms with E-state index >= 15 is 0 Å². The van der Waals surface area contributed by atoms with Crippen LogP contribution in [-0.4, -0.2) is 233 Å². The monoisotopic (exact) mass is 1060 g/mol. The first-order chi connectivity index (χ1) is 37.3. The number of benzene rings is 5. The van der Waals surface area contributed by atoms with E-state index < -0.39 is 12.2 Å². The highest BCUT2D eigenvalue weighted by atomic mass is 16.6. The molecule has 2 heterocycles. The molecule has 0 bridgehead atoms. The molecule has 416 valence electrons. The summed E-state index contributed by atoms with van der Waals surface area (Å²) in [5.74, 6) is -1.55. The number of nitrogens with zero attached hydrogens (tertiary/aromatic N) is 2. The lowest BCUT2D eigenvalue weighted by molar-refractivity contribution is -0.0755. The zero-order valence-corrected chi connectivity index (χ0v) is 44.4. The molecule has 0 atom stereocenters. The molecule has 5 aromatic rings. The molecule has 20 nitrogen and oxygen atoms in total. The molecule has 0 aliphatic carbocycles. The largest absolute Gasteiger partial charge is 0.382 e. The van der Waals surface area contributed by atoms with Crippen molar-refractivity contribution < 1.29 is 85.5 Å². The second-order valence-electron chi connectivity index (χ2n) is 18.1. The van der Waals surface area contributed by atoms with E-state index in [4.69, 9.17) is 66.3 Å². The molecule has 0 unspecified atom stereocenters. The lowest BCUT2D eigenvalue weighted by Gasteiger charge is -2.30. The summed E-state index contributed by atoms with van der Waals surface area (Å²) in [6, 6.07) is 14.7. The second kappa shape index (κ2) is 31.5. The van der Waals surface area contributed by atoms with Crippen molar-refractivity contribution in [3.8, 4) is 0 Å². The molecular weight excluding hydrogens is 989 g/mol. The Hall–Kier alpha value is -4.88. The van der Waals surface area contributed by atoms with Gasteiger partial charge in [0.15, 0.2) is 0 Å². The van der Waals surface area contributed by atoms with Crippen molar-refractivity contribution in [2.45, 2.75) is 25.0 Å². The van der Waals surface area contributed by atoms with Crippen LogP contribution in [0, 0.1) is 0 Å². The number of methoxy groups -OCH3 is 4. The van der Waals surface area contributed by atoms with E-state index in [0.29, 0.717) is 152 Å². The highest BCUT2D eigenvalue weighted by molar-refractivity contribution is 6.41. The molecule has 0 saturated heterocycles. The lowest BCUT2D eigenvalue weighted by atomic mass is 9.82. The van der Waals surface area contributed by atoms with E-state index in [2.05, 4.69) is 0 Å². The minimum Gasteiger partial charge on any atom is -0.382 e. The quantitative estimate of drug-likeness (QED) is 0.0213. The van der Waals surface area contributed by atoms with Gasteiger partial charge in [0.2, 0.25) is 0 Å². The number of carbonyl (C=O) groups excluding carboxylic acids is 4. The first-order valence-electron chi connectivity index (χ1n) is 26.1. The summed E-state index contributed by atoms with van der Waals surface area (Å²) in [5.41, 5.74) is 1.70. The predicted molar refractivity (Wildman–Crippen MR) is 281 cm³/mol. The molecule has 20 heteroatoms. The third-order valence-electron chi connectivity index (χ3n) is 13.0. The zero-order chi connectivity index (χ0) is 53.5. The van der Waals surface area contributed by atoms with Crippen molar-refractivity contribution in [3.63, 3.8) is 0 Å². The number of fused-ring (bicyclic) bond motifs is 2. The topological polar surface area (TPSA) is 204 Å². The Balaban J connectivity index is 0.990. The Bertz CT molecular complexity index is 2300. The van der Waals surface area contributed by atoms with Crippen LogP contribution in [0.25, 0.3) is 43.1 Å². The highest BCUT2D eigenvalue weighted by Gasteiger charge is 2.37. The number of hydrogen-bond donors (Lipinski definition) is 0. The van der Waals surface area contributed by atoms with Gasteiger partial charge in [-0.15, -0.1) is 0 Å². The van der Waals surface area contributed by atoms with Gasteiger partial charge in [-0.1, -0.05) is 24.3 Å². The summed E-state index contributed by atoms with van der Waals surface area (Å²) in [7, 11) is 6.46. The van der Waals surface area contributed by atoms with Crippen molar-refractivity contribution in [2.75, 3.05) is 187 Å². The van der Waals surface area contributed by atoms with Crippen LogP contribution >= 0.6 is 0 Å².